The summed E-state index contributed by atoms with van der Waals surface area (Å²) in [6.45, 7) is 7.89. The Balaban J connectivity index is 2.42. The lowest BCUT2D eigenvalue weighted by Gasteiger charge is -2.33. The quantitative estimate of drug-likeness (QED) is 0.418. The highest BCUT2D eigenvalue weighted by atomic mass is 35.5. The molecule has 192 valence electrons. The van der Waals surface area contributed by atoms with Crippen LogP contribution in [0.25, 0.3) is 0 Å². The minimum atomic E-state index is -3.79. The average molecular weight is 522 g/mol. The van der Waals surface area contributed by atoms with Gasteiger partial charge in [-0.1, -0.05) is 61.7 Å². The number of halogens is 1. The van der Waals surface area contributed by atoms with Gasteiger partial charge in [-0.2, -0.15) is 0 Å². The Morgan fingerprint density at radius 1 is 1.06 bits per heavy atom. The molecule has 9 heteroatoms. The molecule has 0 aliphatic heterocycles. The maximum Gasteiger partial charge on any atom is 0.244 e. The highest BCUT2D eigenvalue weighted by Crippen LogP contribution is 2.26. The summed E-state index contributed by atoms with van der Waals surface area (Å²) in [6.07, 6.45) is 3.24. The Kier molecular flexibility index (Phi) is 10.6. The molecule has 0 fully saturated rings. The molecule has 1 atom stereocenters. The van der Waals surface area contributed by atoms with Crippen LogP contribution in [0.1, 0.15) is 49.8 Å². The van der Waals surface area contributed by atoms with Crippen LogP contribution in [0.3, 0.4) is 0 Å². The van der Waals surface area contributed by atoms with E-state index in [2.05, 4.69) is 5.32 Å². The highest BCUT2D eigenvalue weighted by molar-refractivity contribution is 7.92. The van der Waals surface area contributed by atoms with Crippen molar-refractivity contribution in [3.8, 4) is 0 Å². The topological polar surface area (TPSA) is 86.8 Å². The van der Waals surface area contributed by atoms with Gasteiger partial charge in [0.2, 0.25) is 21.8 Å². The fraction of sp³-hybridized carbons (Fsp3) is 0.462. The molecule has 2 amide bonds. The number of nitrogens with one attached hydrogen (secondary N) is 1. The number of anilines is 1. The Morgan fingerprint density at radius 2 is 1.71 bits per heavy atom. The van der Waals surface area contributed by atoms with Crippen LogP contribution in [0, 0.1) is 13.8 Å². The number of rotatable bonds is 12. The molecular formula is C26H36ClN3O4S. The number of hydrogen-bond acceptors (Lipinski definition) is 4. The average Bonchev–Trinajstić information content (AvgIpc) is 2.78. The Labute approximate surface area is 214 Å². The summed E-state index contributed by atoms with van der Waals surface area (Å²) < 4.78 is 26.5. The van der Waals surface area contributed by atoms with Gasteiger partial charge in [-0.3, -0.25) is 13.9 Å². The third-order valence-electron chi connectivity index (χ3n) is 5.80. The minimum absolute atomic E-state index is 0.190. The van der Waals surface area contributed by atoms with E-state index in [0.717, 1.165) is 34.5 Å². The zero-order valence-corrected chi connectivity index (χ0v) is 22.7. The predicted molar refractivity (Wildman–Crippen MR) is 142 cm³/mol. The summed E-state index contributed by atoms with van der Waals surface area (Å²) in [5.74, 6) is -0.696. The van der Waals surface area contributed by atoms with Crippen molar-refractivity contribution >= 4 is 39.1 Å². The molecule has 0 saturated carbocycles. The van der Waals surface area contributed by atoms with Gasteiger partial charge < -0.3 is 10.2 Å². The fourth-order valence-corrected chi connectivity index (χ4v) is 4.94. The van der Waals surface area contributed by atoms with Gasteiger partial charge in [0.1, 0.15) is 12.6 Å². The van der Waals surface area contributed by atoms with Gasteiger partial charge in [0.05, 0.1) is 11.9 Å². The van der Waals surface area contributed by atoms with Gasteiger partial charge >= 0.3 is 0 Å². The monoisotopic (exact) mass is 521 g/mol. The van der Waals surface area contributed by atoms with Gasteiger partial charge in [-0.25, -0.2) is 8.42 Å². The van der Waals surface area contributed by atoms with E-state index in [4.69, 9.17) is 11.6 Å². The van der Waals surface area contributed by atoms with E-state index < -0.39 is 28.5 Å². The van der Waals surface area contributed by atoms with Gasteiger partial charge in [0.25, 0.3) is 0 Å². The van der Waals surface area contributed by atoms with Crippen molar-refractivity contribution < 1.29 is 18.0 Å². The molecule has 2 aromatic rings. The van der Waals surface area contributed by atoms with Crippen molar-refractivity contribution in [3.63, 3.8) is 0 Å². The molecule has 0 aliphatic carbocycles. The standard InChI is InChI=1S/C26H36ClN3O4S/c1-6-8-15-28-26(32)23(7-2)29(17-21-11-9-19(3)10-12-21)25(31)18-30(35(5,33)34)24-14-13-22(27)16-20(24)4/h9-14,16,23H,6-8,15,17-18H2,1-5H3,(H,28,32)/t23-/m0/s1. The lowest BCUT2D eigenvalue weighted by Crippen LogP contribution is -2.52. The smallest absolute Gasteiger partial charge is 0.244 e. The molecule has 0 spiro atoms. The molecule has 0 aromatic heterocycles. The molecule has 35 heavy (non-hydrogen) atoms. The molecule has 0 aliphatic rings. The zero-order valence-electron chi connectivity index (χ0n) is 21.2. The first-order valence-electron chi connectivity index (χ1n) is 11.8. The van der Waals surface area contributed by atoms with E-state index in [9.17, 15) is 18.0 Å². The summed E-state index contributed by atoms with van der Waals surface area (Å²) in [5, 5.41) is 3.39. The van der Waals surface area contributed by atoms with E-state index in [1.807, 2.05) is 45.0 Å². The van der Waals surface area contributed by atoms with Crippen LogP contribution in [0.4, 0.5) is 5.69 Å². The van der Waals surface area contributed by atoms with Crippen molar-refractivity contribution in [2.75, 3.05) is 23.7 Å². The molecule has 2 aromatic carbocycles. The second kappa shape index (κ2) is 12.9. The van der Waals surface area contributed by atoms with Crippen molar-refractivity contribution in [1.82, 2.24) is 10.2 Å². The number of benzene rings is 2. The second-order valence-electron chi connectivity index (χ2n) is 8.78. The van der Waals surface area contributed by atoms with E-state index in [1.54, 1.807) is 25.1 Å². The van der Waals surface area contributed by atoms with Gasteiger partial charge in [-0.15, -0.1) is 0 Å². The number of carbonyl (C=O) groups is 2. The van der Waals surface area contributed by atoms with Crippen LogP contribution in [0.5, 0.6) is 0 Å². The van der Waals surface area contributed by atoms with E-state index in [-0.39, 0.29) is 12.5 Å². The van der Waals surface area contributed by atoms with Crippen molar-refractivity contribution in [2.24, 2.45) is 0 Å². The predicted octanol–water partition coefficient (Wildman–Crippen LogP) is 4.45. The van der Waals surface area contributed by atoms with Crippen LogP contribution >= 0.6 is 11.6 Å². The van der Waals surface area contributed by atoms with Crippen molar-refractivity contribution in [2.45, 2.75) is 59.5 Å². The van der Waals surface area contributed by atoms with Gasteiger partial charge in [-0.05, 0) is 56.0 Å². The normalized spacial score (nSPS) is 12.2. The van der Waals surface area contributed by atoms with Gasteiger partial charge in [0, 0.05) is 18.1 Å². The number of nitrogens with zero attached hydrogens (tertiary/aromatic N) is 2. The van der Waals surface area contributed by atoms with Gasteiger partial charge in [0.15, 0.2) is 0 Å². The maximum absolute atomic E-state index is 13.7. The lowest BCUT2D eigenvalue weighted by atomic mass is 10.1. The summed E-state index contributed by atoms with van der Waals surface area (Å²) in [7, 11) is -3.79. The van der Waals surface area contributed by atoms with Crippen LogP contribution in [0.15, 0.2) is 42.5 Å². The Hall–Kier alpha value is -2.58. The van der Waals surface area contributed by atoms with Crippen LogP contribution in [0.2, 0.25) is 5.02 Å². The first kappa shape index (κ1) is 28.7. The molecule has 0 heterocycles. The second-order valence-corrected chi connectivity index (χ2v) is 11.1. The minimum Gasteiger partial charge on any atom is -0.354 e. The largest absolute Gasteiger partial charge is 0.354 e. The lowest BCUT2D eigenvalue weighted by molar-refractivity contribution is -0.140. The number of carbonyl (C=O) groups excluding carboxylic acids is 2. The zero-order chi connectivity index (χ0) is 26.2. The van der Waals surface area contributed by atoms with E-state index in [0.29, 0.717) is 29.2 Å². The molecule has 0 unspecified atom stereocenters. The summed E-state index contributed by atoms with van der Waals surface area (Å²) in [6, 6.07) is 11.8. The molecular weight excluding hydrogens is 486 g/mol. The fourth-order valence-electron chi connectivity index (χ4n) is 3.81. The highest BCUT2D eigenvalue weighted by Gasteiger charge is 2.32. The summed E-state index contributed by atoms with van der Waals surface area (Å²) in [4.78, 5) is 28.2. The number of unbranched alkanes of at least 4 members (excludes halogenated alkanes) is 1. The van der Waals surface area contributed by atoms with Crippen LogP contribution in [-0.2, 0) is 26.2 Å². The SMILES string of the molecule is CCCCNC(=O)[C@H](CC)N(Cc1ccc(C)cc1)C(=O)CN(c1ccc(Cl)cc1C)S(C)(=O)=O. The molecule has 0 saturated heterocycles. The van der Waals surface area contributed by atoms with Crippen molar-refractivity contribution in [1.29, 1.82) is 0 Å². The summed E-state index contributed by atoms with van der Waals surface area (Å²) in [5.41, 5.74) is 2.95. The van der Waals surface area contributed by atoms with Crippen LogP contribution < -0.4 is 9.62 Å². The number of aryl methyl sites for hydroxylation is 2. The number of hydrogen-bond donors (Lipinski definition) is 1. The Bertz CT molecular complexity index is 1120. The number of sulfonamides is 1. The Morgan fingerprint density at radius 3 is 2.26 bits per heavy atom. The first-order chi connectivity index (χ1) is 16.5. The molecule has 0 bridgehead atoms. The molecule has 7 nitrogen and oxygen atoms in total. The number of amides is 2. The third-order valence-corrected chi connectivity index (χ3v) is 7.16. The molecule has 0 radical (unpaired) electrons. The van der Waals surface area contributed by atoms with Crippen LogP contribution in [-0.4, -0.2) is 50.5 Å². The van der Waals surface area contributed by atoms with E-state index in [1.165, 1.54) is 4.90 Å². The maximum atomic E-state index is 13.7. The third kappa shape index (κ3) is 8.25. The summed E-state index contributed by atoms with van der Waals surface area (Å²) >= 11 is 6.05. The van der Waals surface area contributed by atoms with Crippen molar-refractivity contribution in [3.05, 3.63) is 64.2 Å². The van der Waals surface area contributed by atoms with E-state index >= 15 is 0 Å². The first-order valence-corrected chi connectivity index (χ1v) is 14.1. The molecule has 1 N–H and O–H groups in total. The molecule has 2 rings (SSSR count).